The fourth-order valence-corrected chi connectivity index (χ4v) is 5.08. The fraction of sp³-hybridized carbons (Fsp3) is 0.435. The summed E-state index contributed by atoms with van der Waals surface area (Å²) in [5.74, 6) is 0.983. The summed E-state index contributed by atoms with van der Waals surface area (Å²) in [6.45, 7) is 9.00. The SMILES string of the molecule is CN(c1ccc(-c2cc3cc(Br)cnc3cc2O)nn1)C1CC(C)(C)NC(C)(C)C1. The summed E-state index contributed by atoms with van der Waals surface area (Å²) < 4.78 is 0.891. The van der Waals surface area contributed by atoms with Crippen molar-refractivity contribution in [1.29, 1.82) is 0 Å². The maximum Gasteiger partial charge on any atom is 0.151 e. The Morgan fingerprint density at radius 1 is 1.07 bits per heavy atom. The minimum absolute atomic E-state index is 0.0627. The Kier molecular flexibility index (Phi) is 5.22. The molecule has 6 nitrogen and oxygen atoms in total. The summed E-state index contributed by atoms with van der Waals surface area (Å²) >= 11 is 3.45. The molecule has 3 aromatic rings. The molecule has 0 unspecified atom stereocenters. The van der Waals surface area contributed by atoms with E-state index < -0.39 is 0 Å². The van der Waals surface area contributed by atoms with Crippen LogP contribution in [0.1, 0.15) is 40.5 Å². The molecule has 0 saturated carbocycles. The quantitative estimate of drug-likeness (QED) is 0.567. The van der Waals surface area contributed by atoms with Gasteiger partial charge >= 0.3 is 0 Å². The molecular formula is C23H28BrN5O. The summed E-state index contributed by atoms with van der Waals surface area (Å²) in [6.07, 6.45) is 3.78. The average Bonchev–Trinajstić information content (AvgIpc) is 2.65. The zero-order chi connectivity index (χ0) is 21.7. The predicted octanol–water partition coefficient (Wildman–Crippen LogP) is 4.91. The number of phenolic OH excluding ortho intramolecular Hbond substituents is 1. The Morgan fingerprint density at radius 3 is 2.40 bits per heavy atom. The van der Waals surface area contributed by atoms with Crippen LogP contribution < -0.4 is 10.2 Å². The molecule has 7 heteroatoms. The van der Waals surface area contributed by atoms with Gasteiger partial charge in [0.05, 0.1) is 11.2 Å². The van der Waals surface area contributed by atoms with E-state index in [2.05, 4.69) is 76.1 Å². The molecule has 4 rings (SSSR count). The minimum Gasteiger partial charge on any atom is -0.507 e. The van der Waals surface area contributed by atoms with E-state index in [1.807, 2.05) is 24.3 Å². The van der Waals surface area contributed by atoms with Crippen LogP contribution in [0.3, 0.4) is 0 Å². The van der Waals surface area contributed by atoms with Crippen LogP contribution in [0.2, 0.25) is 0 Å². The molecule has 30 heavy (non-hydrogen) atoms. The van der Waals surface area contributed by atoms with Gasteiger partial charge in [-0.1, -0.05) is 0 Å². The van der Waals surface area contributed by atoms with Crippen LogP contribution in [0.15, 0.2) is 41.0 Å². The van der Waals surface area contributed by atoms with E-state index in [0.717, 1.165) is 34.0 Å². The van der Waals surface area contributed by atoms with Crippen LogP contribution in [0.5, 0.6) is 5.75 Å². The van der Waals surface area contributed by atoms with Gasteiger partial charge in [0.2, 0.25) is 0 Å². The molecule has 1 fully saturated rings. The highest BCUT2D eigenvalue weighted by Crippen LogP contribution is 2.35. The molecule has 0 aliphatic carbocycles. The van der Waals surface area contributed by atoms with Gasteiger partial charge in [0, 0.05) is 51.9 Å². The average molecular weight is 470 g/mol. The van der Waals surface area contributed by atoms with Crippen LogP contribution >= 0.6 is 15.9 Å². The summed E-state index contributed by atoms with van der Waals surface area (Å²) in [5.41, 5.74) is 2.14. The van der Waals surface area contributed by atoms with Gasteiger partial charge < -0.3 is 15.3 Å². The van der Waals surface area contributed by atoms with Crippen molar-refractivity contribution in [2.45, 2.75) is 57.7 Å². The maximum absolute atomic E-state index is 10.5. The molecule has 0 atom stereocenters. The van der Waals surface area contributed by atoms with E-state index >= 15 is 0 Å². The van der Waals surface area contributed by atoms with Crippen LogP contribution in [0.4, 0.5) is 5.82 Å². The van der Waals surface area contributed by atoms with E-state index in [1.165, 1.54) is 0 Å². The number of phenols is 1. The molecule has 1 aliphatic heterocycles. The van der Waals surface area contributed by atoms with Crippen molar-refractivity contribution in [3.8, 4) is 17.0 Å². The van der Waals surface area contributed by atoms with Gasteiger partial charge in [-0.2, -0.15) is 0 Å². The number of nitrogens with zero attached hydrogens (tertiary/aromatic N) is 4. The van der Waals surface area contributed by atoms with Gasteiger partial charge in [-0.15, -0.1) is 10.2 Å². The molecule has 2 N–H and O–H groups in total. The van der Waals surface area contributed by atoms with Gasteiger partial charge in [0.25, 0.3) is 0 Å². The zero-order valence-corrected chi connectivity index (χ0v) is 19.7. The standard InChI is InChI=1S/C23H28BrN5O/c1-22(2)11-16(12-23(3,4)28-22)29(5)21-7-6-18(26-27-21)17-9-14-8-15(24)13-25-19(14)10-20(17)30/h6-10,13,16,28,30H,11-12H2,1-5H3. The third-order valence-electron chi connectivity index (χ3n) is 5.77. The van der Waals surface area contributed by atoms with Crippen LogP contribution in [-0.2, 0) is 0 Å². The van der Waals surface area contributed by atoms with Crippen molar-refractivity contribution < 1.29 is 5.11 Å². The monoisotopic (exact) mass is 469 g/mol. The second kappa shape index (κ2) is 7.46. The summed E-state index contributed by atoms with van der Waals surface area (Å²) in [4.78, 5) is 6.56. The van der Waals surface area contributed by atoms with Crippen molar-refractivity contribution in [2.24, 2.45) is 0 Å². The molecule has 0 radical (unpaired) electrons. The normalized spacial score (nSPS) is 18.5. The van der Waals surface area contributed by atoms with E-state index in [0.29, 0.717) is 17.3 Å². The number of rotatable bonds is 3. The van der Waals surface area contributed by atoms with E-state index in [4.69, 9.17) is 0 Å². The largest absolute Gasteiger partial charge is 0.507 e. The zero-order valence-electron chi connectivity index (χ0n) is 18.1. The Bertz CT molecular complexity index is 1060. The second-order valence-corrected chi connectivity index (χ2v) is 10.5. The number of pyridine rings is 1. The van der Waals surface area contributed by atoms with Gasteiger partial charge in [-0.05, 0) is 80.7 Å². The third-order valence-corrected chi connectivity index (χ3v) is 6.20. The number of anilines is 1. The first-order valence-corrected chi connectivity index (χ1v) is 11.0. The van der Waals surface area contributed by atoms with Crippen LogP contribution in [0, 0.1) is 0 Å². The molecule has 0 bridgehead atoms. The van der Waals surface area contributed by atoms with Crippen molar-refractivity contribution in [3.63, 3.8) is 0 Å². The Morgan fingerprint density at radius 2 is 1.77 bits per heavy atom. The number of halogens is 1. The summed E-state index contributed by atoms with van der Waals surface area (Å²) in [7, 11) is 2.09. The Labute approximate surface area is 185 Å². The molecule has 0 spiro atoms. The highest BCUT2D eigenvalue weighted by atomic mass is 79.9. The lowest BCUT2D eigenvalue weighted by atomic mass is 9.79. The molecule has 3 heterocycles. The Balaban J connectivity index is 1.61. The topological polar surface area (TPSA) is 74.2 Å². The molecule has 158 valence electrons. The number of nitrogens with one attached hydrogen (secondary N) is 1. The Hall–Kier alpha value is -2.25. The minimum atomic E-state index is 0.0627. The third kappa shape index (κ3) is 4.27. The van der Waals surface area contributed by atoms with Gasteiger partial charge in [0.15, 0.2) is 5.82 Å². The maximum atomic E-state index is 10.5. The summed E-state index contributed by atoms with van der Waals surface area (Å²) in [6, 6.07) is 9.80. The number of hydrogen-bond acceptors (Lipinski definition) is 6. The van der Waals surface area contributed by atoms with Crippen molar-refractivity contribution in [2.75, 3.05) is 11.9 Å². The van der Waals surface area contributed by atoms with E-state index in [9.17, 15) is 5.11 Å². The number of benzene rings is 1. The first-order valence-electron chi connectivity index (χ1n) is 10.2. The van der Waals surface area contributed by atoms with Gasteiger partial charge in [-0.3, -0.25) is 4.98 Å². The van der Waals surface area contributed by atoms with Crippen LogP contribution in [-0.4, -0.2) is 44.5 Å². The molecule has 1 aromatic carbocycles. The number of piperidine rings is 1. The number of aromatic hydroxyl groups is 1. The molecular weight excluding hydrogens is 442 g/mol. The highest BCUT2D eigenvalue weighted by Gasteiger charge is 2.39. The van der Waals surface area contributed by atoms with Gasteiger partial charge in [0.1, 0.15) is 5.75 Å². The number of aromatic nitrogens is 3. The lowest BCUT2D eigenvalue weighted by molar-refractivity contribution is 0.160. The van der Waals surface area contributed by atoms with Crippen molar-refractivity contribution in [3.05, 3.63) is 41.0 Å². The fourth-order valence-electron chi connectivity index (χ4n) is 4.73. The smallest absolute Gasteiger partial charge is 0.151 e. The number of hydrogen-bond donors (Lipinski definition) is 2. The highest BCUT2D eigenvalue weighted by molar-refractivity contribution is 9.10. The summed E-state index contributed by atoms with van der Waals surface area (Å²) in [5, 5.41) is 24.1. The first-order chi connectivity index (χ1) is 14.0. The lowest BCUT2D eigenvalue weighted by Crippen LogP contribution is -2.62. The molecule has 2 aromatic heterocycles. The number of fused-ring (bicyclic) bond motifs is 1. The molecule has 0 amide bonds. The predicted molar refractivity (Wildman–Crippen MR) is 125 cm³/mol. The van der Waals surface area contributed by atoms with Crippen molar-refractivity contribution >= 4 is 32.7 Å². The molecule has 1 saturated heterocycles. The van der Waals surface area contributed by atoms with Crippen LogP contribution in [0.25, 0.3) is 22.2 Å². The van der Waals surface area contributed by atoms with E-state index in [1.54, 1.807) is 12.3 Å². The second-order valence-electron chi connectivity index (χ2n) is 9.56. The van der Waals surface area contributed by atoms with Crippen molar-refractivity contribution in [1.82, 2.24) is 20.5 Å². The lowest BCUT2D eigenvalue weighted by Gasteiger charge is -2.49. The molecule has 1 aliphatic rings. The van der Waals surface area contributed by atoms with E-state index in [-0.39, 0.29) is 16.8 Å². The first kappa shape index (κ1) is 21.0. The van der Waals surface area contributed by atoms with Gasteiger partial charge in [-0.25, -0.2) is 0 Å².